The first-order valence-electron chi connectivity index (χ1n) is 11.2. The van der Waals surface area contributed by atoms with Crippen molar-refractivity contribution in [1.29, 1.82) is 0 Å². The average Bonchev–Trinajstić information content (AvgIpc) is 2.77. The molecule has 2 nitrogen and oxygen atoms in total. The molecule has 0 N–H and O–H groups in total. The predicted octanol–water partition coefficient (Wildman–Crippen LogP) is 8.10. The maximum Gasteiger partial charge on any atom is 0.165 e. The lowest BCUT2D eigenvalue weighted by atomic mass is 9.80. The molecule has 0 fully saturated rings. The highest BCUT2D eigenvalue weighted by molar-refractivity contribution is 5.35. The summed E-state index contributed by atoms with van der Waals surface area (Å²) in [5.74, 6) is 1.50. The van der Waals surface area contributed by atoms with Gasteiger partial charge in [-0.3, -0.25) is 0 Å². The first-order chi connectivity index (χ1) is 14.9. The van der Waals surface area contributed by atoms with Crippen molar-refractivity contribution in [2.45, 2.75) is 64.9 Å². The van der Waals surface area contributed by atoms with E-state index in [0.717, 1.165) is 37.0 Å². The molecule has 0 bridgehead atoms. The second kappa shape index (κ2) is 10.5. The van der Waals surface area contributed by atoms with Crippen LogP contribution in [0.25, 0.3) is 0 Å². The van der Waals surface area contributed by atoms with Crippen LogP contribution in [0.4, 0.5) is 4.39 Å². The Balaban J connectivity index is 1.58. The Morgan fingerprint density at radius 2 is 1.61 bits per heavy atom. The Bertz CT molecular complexity index is 949. The van der Waals surface area contributed by atoms with E-state index in [0.29, 0.717) is 5.75 Å². The quantitative estimate of drug-likeness (QED) is 0.330. The molecule has 3 heteroatoms. The summed E-state index contributed by atoms with van der Waals surface area (Å²) in [7, 11) is 0. The highest BCUT2D eigenvalue weighted by Crippen LogP contribution is 2.31. The minimum atomic E-state index is -0.340. The lowest BCUT2D eigenvalue weighted by Gasteiger charge is -2.26. The minimum absolute atomic E-state index is 0.0539. The number of ether oxygens (including phenoxy) is 2. The van der Waals surface area contributed by atoms with E-state index in [1.165, 1.54) is 11.6 Å². The van der Waals surface area contributed by atoms with Crippen LogP contribution in [0.5, 0.6) is 17.2 Å². The largest absolute Gasteiger partial charge is 0.491 e. The van der Waals surface area contributed by atoms with Gasteiger partial charge in [-0.2, -0.15) is 0 Å². The number of para-hydroxylation sites is 1. The molecule has 0 aromatic heterocycles. The maximum atomic E-state index is 14.2. The summed E-state index contributed by atoms with van der Waals surface area (Å²) in [5.41, 5.74) is 2.44. The molecule has 3 aromatic carbocycles. The van der Waals surface area contributed by atoms with Crippen molar-refractivity contribution in [2.24, 2.45) is 0 Å². The van der Waals surface area contributed by atoms with Crippen LogP contribution in [-0.4, -0.2) is 6.10 Å². The minimum Gasteiger partial charge on any atom is -0.491 e. The molecular weight excluding hydrogens is 387 g/mol. The van der Waals surface area contributed by atoms with Crippen molar-refractivity contribution >= 4 is 0 Å². The molecule has 0 amide bonds. The van der Waals surface area contributed by atoms with Gasteiger partial charge in [-0.25, -0.2) is 4.39 Å². The van der Waals surface area contributed by atoms with Crippen LogP contribution in [0.1, 0.15) is 58.1 Å². The van der Waals surface area contributed by atoms with E-state index >= 15 is 0 Å². The summed E-state index contributed by atoms with van der Waals surface area (Å²) in [5, 5.41) is 0. The number of hydrogen-bond donors (Lipinski definition) is 0. The second-order valence-corrected chi connectivity index (χ2v) is 8.78. The van der Waals surface area contributed by atoms with Gasteiger partial charge in [0, 0.05) is 0 Å². The molecule has 164 valence electrons. The van der Waals surface area contributed by atoms with Crippen molar-refractivity contribution in [3.05, 3.63) is 89.7 Å². The Hall–Kier alpha value is -2.81. The van der Waals surface area contributed by atoms with Gasteiger partial charge < -0.3 is 9.47 Å². The maximum absolute atomic E-state index is 14.2. The summed E-state index contributed by atoms with van der Waals surface area (Å²) in [4.78, 5) is 0. The van der Waals surface area contributed by atoms with Crippen molar-refractivity contribution in [3.8, 4) is 17.2 Å². The Kier molecular flexibility index (Phi) is 7.73. The first-order valence-corrected chi connectivity index (χ1v) is 11.2. The molecule has 0 aliphatic rings. The van der Waals surface area contributed by atoms with E-state index < -0.39 is 0 Å². The summed E-state index contributed by atoms with van der Waals surface area (Å²) in [6.45, 7) is 8.75. The van der Waals surface area contributed by atoms with Crippen LogP contribution >= 0.6 is 0 Å². The third kappa shape index (κ3) is 6.58. The van der Waals surface area contributed by atoms with E-state index in [1.807, 2.05) is 42.5 Å². The molecule has 31 heavy (non-hydrogen) atoms. The summed E-state index contributed by atoms with van der Waals surface area (Å²) < 4.78 is 25.8. The van der Waals surface area contributed by atoms with E-state index in [9.17, 15) is 4.39 Å². The van der Waals surface area contributed by atoms with Gasteiger partial charge in [0.2, 0.25) is 0 Å². The fraction of sp³-hybridized carbons (Fsp3) is 0.357. The van der Waals surface area contributed by atoms with E-state index in [1.54, 1.807) is 0 Å². The van der Waals surface area contributed by atoms with Crippen LogP contribution in [0.3, 0.4) is 0 Å². The summed E-state index contributed by atoms with van der Waals surface area (Å²) >= 11 is 0. The van der Waals surface area contributed by atoms with Crippen LogP contribution in [0, 0.1) is 5.82 Å². The third-order valence-electron chi connectivity index (χ3n) is 5.78. The van der Waals surface area contributed by atoms with Gasteiger partial charge in [-0.1, -0.05) is 57.2 Å². The lowest BCUT2D eigenvalue weighted by Crippen LogP contribution is -2.17. The Labute approximate surface area is 186 Å². The lowest BCUT2D eigenvalue weighted by molar-refractivity contribution is 0.217. The number of benzene rings is 3. The number of aryl methyl sites for hydroxylation is 1. The van der Waals surface area contributed by atoms with Gasteiger partial charge in [-0.15, -0.1) is 0 Å². The Morgan fingerprint density at radius 3 is 2.29 bits per heavy atom. The van der Waals surface area contributed by atoms with Gasteiger partial charge in [-0.05, 0) is 85.5 Å². The zero-order valence-corrected chi connectivity index (χ0v) is 19.0. The molecule has 3 aromatic rings. The fourth-order valence-corrected chi connectivity index (χ4v) is 3.58. The first kappa shape index (κ1) is 22.9. The van der Waals surface area contributed by atoms with Crippen molar-refractivity contribution in [3.63, 3.8) is 0 Å². The molecule has 0 radical (unpaired) electrons. The second-order valence-electron chi connectivity index (χ2n) is 8.78. The van der Waals surface area contributed by atoms with Gasteiger partial charge in [0.1, 0.15) is 11.5 Å². The van der Waals surface area contributed by atoms with Gasteiger partial charge in [0.25, 0.3) is 0 Å². The van der Waals surface area contributed by atoms with E-state index in [-0.39, 0.29) is 23.1 Å². The molecule has 0 spiro atoms. The van der Waals surface area contributed by atoms with Crippen LogP contribution in [0.2, 0.25) is 0 Å². The zero-order valence-electron chi connectivity index (χ0n) is 19.0. The van der Waals surface area contributed by atoms with Crippen molar-refractivity contribution in [2.75, 3.05) is 0 Å². The van der Waals surface area contributed by atoms with Crippen LogP contribution < -0.4 is 9.47 Å². The number of halogens is 1. The summed E-state index contributed by atoms with van der Waals surface area (Å²) in [6, 6.07) is 22.9. The number of rotatable bonds is 10. The topological polar surface area (TPSA) is 18.5 Å². The molecule has 0 saturated heterocycles. The number of hydrogen-bond acceptors (Lipinski definition) is 2. The molecule has 1 atom stereocenters. The zero-order chi connectivity index (χ0) is 22.3. The Morgan fingerprint density at radius 1 is 0.903 bits per heavy atom. The third-order valence-corrected chi connectivity index (χ3v) is 5.78. The fourth-order valence-electron chi connectivity index (χ4n) is 3.58. The van der Waals surface area contributed by atoms with Crippen molar-refractivity contribution < 1.29 is 13.9 Å². The highest BCUT2D eigenvalue weighted by Gasteiger charge is 2.20. The van der Waals surface area contributed by atoms with Gasteiger partial charge in [0.05, 0.1) is 6.10 Å². The normalized spacial score (nSPS) is 12.4. The molecule has 1 unspecified atom stereocenters. The summed E-state index contributed by atoms with van der Waals surface area (Å²) in [6.07, 6.45) is 4.14. The van der Waals surface area contributed by atoms with E-state index in [4.69, 9.17) is 9.47 Å². The van der Waals surface area contributed by atoms with Crippen molar-refractivity contribution in [1.82, 2.24) is 0 Å². The molecule has 0 heterocycles. The van der Waals surface area contributed by atoms with E-state index in [2.05, 4.69) is 52.0 Å². The monoisotopic (exact) mass is 420 g/mol. The van der Waals surface area contributed by atoms with Gasteiger partial charge >= 0.3 is 0 Å². The van der Waals surface area contributed by atoms with Gasteiger partial charge in [0.15, 0.2) is 11.6 Å². The molecule has 0 aliphatic heterocycles. The van der Waals surface area contributed by atoms with Crippen LogP contribution in [0.15, 0.2) is 72.8 Å². The standard InChI is InChI=1S/C28H33FO2/c1-5-21(2)30-25-16-14-23(15-17-25)28(3,4)19-9-10-22-13-18-26(29)27(20-22)31-24-11-7-6-8-12-24/h6-8,11-18,20-21H,5,9-10,19H2,1-4H3. The molecule has 0 aliphatic carbocycles. The average molecular weight is 421 g/mol. The SMILES string of the molecule is CCC(C)Oc1ccc(C(C)(C)CCCc2ccc(F)c(Oc3ccccc3)c2)cc1. The molecule has 0 saturated carbocycles. The molecular formula is C28H33FO2. The highest BCUT2D eigenvalue weighted by atomic mass is 19.1. The van der Waals surface area contributed by atoms with Crippen LogP contribution in [-0.2, 0) is 11.8 Å². The smallest absolute Gasteiger partial charge is 0.165 e. The predicted molar refractivity (Wildman–Crippen MR) is 126 cm³/mol. The molecule has 3 rings (SSSR count).